The number of likely N-dealkylation sites (tertiary alicyclic amines) is 1. The maximum atomic E-state index is 12.2. The number of carbonyl (C=O) groups excluding carboxylic acids is 2. The fourth-order valence-corrected chi connectivity index (χ4v) is 3.03. The van der Waals surface area contributed by atoms with E-state index < -0.39 is 5.91 Å². The van der Waals surface area contributed by atoms with E-state index in [1.807, 2.05) is 18.2 Å². The highest BCUT2D eigenvalue weighted by atomic mass is 16.2. The molecule has 25 heavy (non-hydrogen) atoms. The monoisotopic (exact) mass is 340 g/mol. The summed E-state index contributed by atoms with van der Waals surface area (Å²) in [5.74, 6) is -0.595. The van der Waals surface area contributed by atoms with Crippen LogP contribution in [-0.4, -0.2) is 50.8 Å². The molecule has 0 radical (unpaired) electrons. The Hall–Kier alpha value is -2.74. The number of aromatic nitrogens is 3. The first-order chi connectivity index (χ1) is 12.1. The van der Waals surface area contributed by atoms with E-state index >= 15 is 0 Å². The molecule has 0 unspecified atom stereocenters. The van der Waals surface area contributed by atoms with Crippen LogP contribution in [0.2, 0.25) is 0 Å². The van der Waals surface area contributed by atoms with E-state index in [9.17, 15) is 9.59 Å². The molecule has 3 N–H and O–H groups in total. The molecule has 2 fully saturated rings. The number of hydrogen-bond acceptors (Lipinski definition) is 5. The summed E-state index contributed by atoms with van der Waals surface area (Å²) in [6.45, 7) is 2.26. The van der Waals surface area contributed by atoms with Crippen LogP contribution in [0.25, 0.3) is 0 Å². The Morgan fingerprint density at radius 3 is 2.80 bits per heavy atom. The minimum Gasteiger partial charge on any atom is -0.366 e. The Morgan fingerprint density at radius 2 is 2.08 bits per heavy atom. The number of amides is 2. The van der Waals surface area contributed by atoms with Gasteiger partial charge in [-0.05, 0) is 30.5 Å². The average molecular weight is 340 g/mol. The lowest BCUT2D eigenvalue weighted by Crippen LogP contribution is -2.58. The summed E-state index contributed by atoms with van der Waals surface area (Å²) in [4.78, 5) is 25.6. The summed E-state index contributed by atoms with van der Waals surface area (Å²) in [7, 11) is 0. The van der Waals surface area contributed by atoms with E-state index in [4.69, 9.17) is 5.73 Å². The lowest BCUT2D eigenvalue weighted by atomic mass is 10.1. The van der Waals surface area contributed by atoms with Crippen LogP contribution in [0.4, 0.5) is 0 Å². The zero-order valence-corrected chi connectivity index (χ0v) is 13.8. The Bertz CT molecular complexity index is 807. The molecule has 4 rings (SSSR count). The molecule has 1 aliphatic carbocycles. The number of nitrogens with zero attached hydrogens (tertiary/aromatic N) is 4. The Balaban J connectivity index is 1.26. The fourth-order valence-electron chi connectivity index (χ4n) is 3.03. The molecule has 130 valence electrons. The van der Waals surface area contributed by atoms with Crippen LogP contribution in [0.3, 0.4) is 0 Å². The van der Waals surface area contributed by atoms with Crippen molar-refractivity contribution in [3.05, 3.63) is 47.3 Å². The van der Waals surface area contributed by atoms with Crippen LogP contribution in [0.5, 0.6) is 0 Å². The lowest BCUT2D eigenvalue weighted by Gasteiger charge is -2.39. The summed E-state index contributed by atoms with van der Waals surface area (Å²) in [6, 6.07) is 7.85. The SMILES string of the molecule is NC(=O)c1cccc(CN2CC(NC(=O)c3cn(C4CC4)nn3)C2)c1. The molecular weight excluding hydrogens is 320 g/mol. The van der Waals surface area contributed by atoms with E-state index in [-0.39, 0.29) is 11.9 Å². The van der Waals surface area contributed by atoms with Gasteiger partial charge in [0.25, 0.3) is 5.91 Å². The Labute approximate surface area is 145 Å². The van der Waals surface area contributed by atoms with E-state index in [2.05, 4.69) is 20.5 Å². The molecule has 8 heteroatoms. The van der Waals surface area contributed by atoms with Crippen molar-refractivity contribution < 1.29 is 9.59 Å². The van der Waals surface area contributed by atoms with Gasteiger partial charge in [-0.1, -0.05) is 17.3 Å². The summed E-state index contributed by atoms with van der Waals surface area (Å²) in [5.41, 5.74) is 7.23. The Morgan fingerprint density at radius 1 is 1.28 bits per heavy atom. The summed E-state index contributed by atoms with van der Waals surface area (Å²) in [5, 5.41) is 10.9. The van der Waals surface area contributed by atoms with Gasteiger partial charge < -0.3 is 11.1 Å². The highest BCUT2D eigenvalue weighted by Gasteiger charge is 2.30. The smallest absolute Gasteiger partial charge is 0.273 e. The summed E-state index contributed by atoms with van der Waals surface area (Å²) in [6.07, 6.45) is 3.94. The van der Waals surface area contributed by atoms with Crippen molar-refractivity contribution in [3.63, 3.8) is 0 Å². The van der Waals surface area contributed by atoms with E-state index in [1.165, 1.54) is 0 Å². The third-order valence-electron chi connectivity index (χ3n) is 4.57. The van der Waals surface area contributed by atoms with Crippen molar-refractivity contribution in [2.45, 2.75) is 31.5 Å². The molecule has 0 bridgehead atoms. The first-order valence-corrected chi connectivity index (χ1v) is 8.42. The number of carbonyl (C=O) groups is 2. The van der Waals surface area contributed by atoms with E-state index in [0.717, 1.165) is 38.0 Å². The molecular formula is C17H20N6O2. The van der Waals surface area contributed by atoms with E-state index in [1.54, 1.807) is 16.9 Å². The molecule has 2 amide bonds. The van der Waals surface area contributed by atoms with Gasteiger partial charge in [-0.15, -0.1) is 5.10 Å². The highest BCUT2D eigenvalue weighted by Crippen LogP contribution is 2.33. The van der Waals surface area contributed by atoms with Gasteiger partial charge in [-0.25, -0.2) is 4.68 Å². The predicted octanol–water partition coefficient (Wildman–Crippen LogP) is 0.326. The summed E-state index contributed by atoms with van der Waals surface area (Å²) < 4.78 is 1.77. The molecule has 0 spiro atoms. The number of primary amides is 1. The second-order valence-corrected chi connectivity index (χ2v) is 6.74. The standard InChI is InChI=1S/C17H20N6O2/c18-16(24)12-3-1-2-11(6-12)7-22-8-13(9-22)19-17(25)15-10-23(21-20-15)14-4-5-14/h1-3,6,10,13-14H,4-5,7-9H2,(H2,18,24)(H,19,25). The van der Waals surface area contributed by atoms with Crippen LogP contribution in [0, 0.1) is 0 Å². The number of hydrogen-bond donors (Lipinski definition) is 2. The topological polar surface area (TPSA) is 106 Å². The first-order valence-electron chi connectivity index (χ1n) is 8.42. The molecule has 2 aliphatic rings. The third-order valence-corrected chi connectivity index (χ3v) is 4.57. The number of nitrogens with two attached hydrogens (primary N) is 1. The van der Waals surface area contributed by atoms with Crippen molar-refractivity contribution in [2.24, 2.45) is 5.73 Å². The first kappa shape index (κ1) is 15.8. The third kappa shape index (κ3) is 3.53. The van der Waals surface area contributed by atoms with Crippen LogP contribution in [0.1, 0.15) is 45.3 Å². The molecule has 2 aromatic rings. The van der Waals surface area contributed by atoms with Crippen molar-refractivity contribution >= 4 is 11.8 Å². The van der Waals surface area contributed by atoms with Crippen molar-refractivity contribution in [1.82, 2.24) is 25.2 Å². The van der Waals surface area contributed by atoms with Crippen LogP contribution in [-0.2, 0) is 6.54 Å². The van der Waals surface area contributed by atoms with Gasteiger partial charge >= 0.3 is 0 Å². The molecule has 1 saturated heterocycles. The van der Waals surface area contributed by atoms with Crippen LogP contribution >= 0.6 is 0 Å². The van der Waals surface area contributed by atoms with Crippen molar-refractivity contribution in [2.75, 3.05) is 13.1 Å². The lowest BCUT2D eigenvalue weighted by molar-refractivity contribution is 0.0789. The van der Waals surface area contributed by atoms with Gasteiger partial charge in [0.05, 0.1) is 18.3 Å². The molecule has 2 heterocycles. The molecule has 8 nitrogen and oxygen atoms in total. The molecule has 1 aromatic carbocycles. The maximum absolute atomic E-state index is 12.2. The van der Waals surface area contributed by atoms with Crippen molar-refractivity contribution in [3.8, 4) is 0 Å². The molecule has 0 atom stereocenters. The van der Waals surface area contributed by atoms with Gasteiger partial charge in [-0.2, -0.15) is 0 Å². The highest BCUT2D eigenvalue weighted by molar-refractivity contribution is 5.93. The van der Waals surface area contributed by atoms with Crippen LogP contribution < -0.4 is 11.1 Å². The largest absolute Gasteiger partial charge is 0.366 e. The maximum Gasteiger partial charge on any atom is 0.273 e. The van der Waals surface area contributed by atoms with Crippen LogP contribution in [0.15, 0.2) is 30.5 Å². The average Bonchev–Trinajstić information content (AvgIpc) is 3.30. The fraction of sp³-hybridized carbons (Fsp3) is 0.412. The van der Waals surface area contributed by atoms with Gasteiger partial charge in [0.15, 0.2) is 5.69 Å². The minimum atomic E-state index is -0.421. The quantitative estimate of drug-likeness (QED) is 0.788. The summed E-state index contributed by atoms with van der Waals surface area (Å²) >= 11 is 0. The second kappa shape index (κ2) is 6.29. The Kier molecular flexibility index (Phi) is 3.96. The number of benzene rings is 1. The molecule has 1 aromatic heterocycles. The zero-order chi connectivity index (χ0) is 17.4. The van der Waals surface area contributed by atoms with E-state index in [0.29, 0.717) is 17.3 Å². The van der Waals surface area contributed by atoms with Gasteiger partial charge in [-0.3, -0.25) is 14.5 Å². The number of rotatable bonds is 6. The van der Waals surface area contributed by atoms with Gasteiger partial charge in [0, 0.05) is 25.2 Å². The molecule has 1 aliphatic heterocycles. The predicted molar refractivity (Wildman–Crippen MR) is 89.8 cm³/mol. The molecule has 1 saturated carbocycles. The van der Waals surface area contributed by atoms with Gasteiger partial charge in [0.2, 0.25) is 5.91 Å². The zero-order valence-electron chi connectivity index (χ0n) is 13.8. The van der Waals surface area contributed by atoms with Crippen molar-refractivity contribution in [1.29, 1.82) is 0 Å². The minimum absolute atomic E-state index is 0.109. The number of nitrogens with one attached hydrogen (secondary N) is 1. The second-order valence-electron chi connectivity index (χ2n) is 6.74. The normalized spacial score (nSPS) is 17.9. The van der Waals surface area contributed by atoms with Gasteiger partial charge in [0.1, 0.15) is 0 Å².